The number of nitrogens with one attached hydrogen (secondary N) is 1. The van der Waals surface area contributed by atoms with Crippen LogP contribution >= 0.6 is 0 Å². The Labute approximate surface area is 117 Å². The van der Waals surface area contributed by atoms with E-state index in [0.29, 0.717) is 17.9 Å². The highest BCUT2D eigenvalue weighted by atomic mass is 16.3. The highest BCUT2D eigenvalue weighted by molar-refractivity contribution is 4.89. The Morgan fingerprint density at radius 3 is 2.53 bits per heavy atom. The van der Waals surface area contributed by atoms with Gasteiger partial charge in [0.2, 0.25) is 0 Å². The molecule has 3 unspecified atom stereocenters. The first-order valence-electron chi connectivity index (χ1n) is 8.33. The van der Waals surface area contributed by atoms with Crippen LogP contribution in [-0.2, 0) is 0 Å². The molecule has 0 bridgehead atoms. The molecule has 2 aliphatic carbocycles. The molecular weight excluding hydrogens is 236 g/mol. The molecule has 0 spiro atoms. The van der Waals surface area contributed by atoms with Crippen LogP contribution in [0.1, 0.15) is 51.4 Å². The third-order valence-electron chi connectivity index (χ3n) is 5.29. The van der Waals surface area contributed by atoms with Crippen LogP contribution in [0.3, 0.4) is 0 Å². The van der Waals surface area contributed by atoms with Crippen molar-refractivity contribution in [3.63, 3.8) is 0 Å². The van der Waals surface area contributed by atoms with Crippen molar-refractivity contribution in [2.75, 3.05) is 20.1 Å². The lowest BCUT2D eigenvalue weighted by Gasteiger charge is -2.38. The molecule has 0 aromatic heterocycles. The van der Waals surface area contributed by atoms with E-state index in [9.17, 15) is 5.11 Å². The standard InChI is InChI=1S/C16H30N2O/c1-18-10-12(9-16(19)13-6-7-13)8-15(11-18)17-14-4-2-3-5-14/h12-17,19H,2-11H2,1H3. The number of hydrogen-bond donors (Lipinski definition) is 2. The van der Waals surface area contributed by atoms with E-state index in [1.807, 2.05) is 0 Å². The number of likely N-dealkylation sites (N-methyl/N-ethyl adjacent to an activating group) is 1. The summed E-state index contributed by atoms with van der Waals surface area (Å²) in [5.74, 6) is 1.32. The Hall–Kier alpha value is -0.120. The fraction of sp³-hybridized carbons (Fsp3) is 1.00. The summed E-state index contributed by atoms with van der Waals surface area (Å²) in [6.07, 6.45) is 10.3. The average molecular weight is 266 g/mol. The second kappa shape index (κ2) is 6.11. The summed E-state index contributed by atoms with van der Waals surface area (Å²) in [5.41, 5.74) is 0. The normalized spacial score (nSPS) is 35.7. The summed E-state index contributed by atoms with van der Waals surface area (Å²) < 4.78 is 0. The smallest absolute Gasteiger partial charge is 0.0571 e. The average Bonchev–Trinajstić information content (AvgIpc) is 3.09. The van der Waals surface area contributed by atoms with Gasteiger partial charge in [-0.05, 0) is 57.4 Å². The fourth-order valence-electron chi connectivity index (χ4n) is 4.18. The monoisotopic (exact) mass is 266 g/mol. The second-order valence-corrected chi connectivity index (χ2v) is 7.31. The third-order valence-corrected chi connectivity index (χ3v) is 5.29. The molecule has 3 nitrogen and oxygen atoms in total. The van der Waals surface area contributed by atoms with Gasteiger partial charge in [-0.25, -0.2) is 0 Å². The highest BCUT2D eigenvalue weighted by Gasteiger charge is 2.34. The molecule has 3 rings (SSSR count). The summed E-state index contributed by atoms with van der Waals surface area (Å²) in [6, 6.07) is 1.42. The highest BCUT2D eigenvalue weighted by Crippen LogP contribution is 2.36. The maximum absolute atomic E-state index is 10.2. The molecule has 3 aliphatic rings. The van der Waals surface area contributed by atoms with Crippen molar-refractivity contribution in [1.29, 1.82) is 0 Å². The zero-order valence-electron chi connectivity index (χ0n) is 12.4. The lowest BCUT2D eigenvalue weighted by atomic mass is 9.88. The first-order chi connectivity index (χ1) is 9.20. The predicted molar refractivity (Wildman–Crippen MR) is 78.1 cm³/mol. The van der Waals surface area contributed by atoms with Gasteiger partial charge in [0.05, 0.1) is 6.10 Å². The molecule has 1 saturated heterocycles. The minimum atomic E-state index is -0.0244. The van der Waals surface area contributed by atoms with Gasteiger partial charge in [-0.3, -0.25) is 0 Å². The van der Waals surface area contributed by atoms with Crippen LogP contribution in [0.15, 0.2) is 0 Å². The van der Waals surface area contributed by atoms with Crippen LogP contribution in [-0.4, -0.2) is 48.3 Å². The van der Waals surface area contributed by atoms with Crippen LogP contribution < -0.4 is 5.32 Å². The molecule has 110 valence electrons. The SMILES string of the molecule is CN1CC(CC(O)C2CC2)CC(NC2CCCC2)C1. The van der Waals surface area contributed by atoms with E-state index < -0.39 is 0 Å². The largest absolute Gasteiger partial charge is 0.393 e. The zero-order chi connectivity index (χ0) is 13.2. The van der Waals surface area contributed by atoms with Crippen molar-refractivity contribution >= 4 is 0 Å². The summed E-state index contributed by atoms with van der Waals surface area (Å²) >= 11 is 0. The van der Waals surface area contributed by atoms with Crippen molar-refractivity contribution in [2.24, 2.45) is 11.8 Å². The van der Waals surface area contributed by atoms with Crippen LogP contribution in [0.2, 0.25) is 0 Å². The molecule has 2 saturated carbocycles. The Bertz CT molecular complexity index is 274. The summed E-state index contributed by atoms with van der Waals surface area (Å²) in [6.45, 7) is 2.36. The Morgan fingerprint density at radius 1 is 1.11 bits per heavy atom. The third kappa shape index (κ3) is 3.93. The summed E-state index contributed by atoms with van der Waals surface area (Å²) in [7, 11) is 2.24. The Balaban J connectivity index is 1.47. The summed E-state index contributed by atoms with van der Waals surface area (Å²) in [4.78, 5) is 2.46. The van der Waals surface area contributed by atoms with E-state index in [-0.39, 0.29) is 6.10 Å². The van der Waals surface area contributed by atoms with E-state index in [1.54, 1.807) is 0 Å². The van der Waals surface area contributed by atoms with E-state index in [4.69, 9.17) is 0 Å². The first kappa shape index (κ1) is 13.8. The molecule has 19 heavy (non-hydrogen) atoms. The first-order valence-corrected chi connectivity index (χ1v) is 8.33. The van der Waals surface area contributed by atoms with Gasteiger partial charge in [0.25, 0.3) is 0 Å². The van der Waals surface area contributed by atoms with Crippen LogP contribution in [0.25, 0.3) is 0 Å². The van der Waals surface area contributed by atoms with Gasteiger partial charge in [0.1, 0.15) is 0 Å². The molecule has 3 atom stereocenters. The molecule has 0 aromatic carbocycles. The van der Waals surface area contributed by atoms with Crippen LogP contribution in [0.4, 0.5) is 0 Å². The number of aliphatic hydroxyl groups excluding tert-OH is 1. The maximum Gasteiger partial charge on any atom is 0.0571 e. The van der Waals surface area contributed by atoms with Crippen LogP contribution in [0.5, 0.6) is 0 Å². The summed E-state index contributed by atoms with van der Waals surface area (Å²) in [5, 5.41) is 14.0. The maximum atomic E-state index is 10.2. The van der Waals surface area contributed by atoms with E-state index >= 15 is 0 Å². The van der Waals surface area contributed by atoms with E-state index in [1.165, 1.54) is 58.0 Å². The molecule has 3 heteroatoms. The molecule has 0 radical (unpaired) electrons. The number of aliphatic hydroxyl groups is 1. The van der Waals surface area contributed by atoms with Crippen molar-refractivity contribution < 1.29 is 5.11 Å². The molecule has 0 amide bonds. The molecule has 1 aliphatic heterocycles. The van der Waals surface area contributed by atoms with Crippen molar-refractivity contribution in [1.82, 2.24) is 10.2 Å². The van der Waals surface area contributed by atoms with Gasteiger partial charge < -0.3 is 15.3 Å². The minimum absolute atomic E-state index is 0.0244. The van der Waals surface area contributed by atoms with Gasteiger partial charge in [0.15, 0.2) is 0 Å². The molecule has 2 N–H and O–H groups in total. The lowest BCUT2D eigenvalue weighted by Crippen LogP contribution is -2.50. The van der Waals surface area contributed by atoms with Gasteiger partial charge >= 0.3 is 0 Å². The number of piperidine rings is 1. The van der Waals surface area contributed by atoms with Gasteiger partial charge in [-0.2, -0.15) is 0 Å². The number of hydrogen-bond acceptors (Lipinski definition) is 3. The molecule has 3 fully saturated rings. The Kier molecular flexibility index (Phi) is 4.45. The van der Waals surface area contributed by atoms with Crippen molar-refractivity contribution in [3.05, 3.63) is 0 Å². The van der Waals surface area contributed by atoms with E-state index in [2.05, 4.69) is 17.3 Å². The van der Waals surface area contributed by atoms with Crippen molar-refractivity contribution in [2.45, 2.75) is 69.6 Å². The minimum Gasteiger partial charge on any atom is -0.393 e. The predicted octanol–water partition coefficient (Wildman–Crippen LogP) is 2.00. The van der Waals surface area contributed by atoms with Gasteiger partial charge in [-0.1, -0.05) is 12.8 Å². The zero-order valence-corrected chi connectivity index (χ0v) is 12.4. The number of nitrogens with zero attached hydrogens (tertiary/aromatic N) is 1. The number of likely N-dealkylation sites (tertiary alicyclic amines) is 1. The number of rotatable bonds is 5. The van der Waals surface area contributed by atoms with Crippen LogP contribution in [0, 0.1) is 11.8 Å². The Morgan fingerprint density at radius 2 is 1.84 bits per heavy atom. The quantitative estimate of drug-likeness (QED) is 0.799. The fourth-order valence-corrected chi connectivity index (χ4v) is 4.18. The second-order valence-electron chi connectivity index (χ2n) is 7.31. The van der Waals surface area contributed by atoms with Gasteiger partial charge in [-0.15, -0.1) is 0 Å². The molecular formula is C16H30N2O. The molecule has 0 aromatic rings. The lowest BCUT2D eigenvalue weighted by molar-refractivity contribution is 0.0820. The topological polar surface area (TPSA) is 35.5 Å². The van der Waals surface area contributed by atoms with E-state index in [0.717, 1.165) is 12.5 Å². The van der Waals surface area contributed by atoms with Gasteiger partial charge in [0, 0.05) is 25.2 Å². The van der Waals surface area contributed by atoms with Crippen molar-refractivity contribution in [3.8, 4) is 0 Å². The molecule has 1 heterocycles.